The van der Waals surface area contributed by atoms with E-state index < -0.39 is 0 Å². The quantitative estimate of drug-likeness (QED) is 0.719. The maximum Gasteiger partial charge on any atom is 0.0452 e. The van der Waals surface area contributed by atoms with E-state index in [4.69, 9.17) is 5.73 Å². The van der Waals surface area contributed by atoms with Crippen molar-refractivity contribution < 1.29 is 0 Å². The first-order chi connectivity index (χ1) is 6.76. The van der Waals surface area contributed by atoms with E-state index in [-0.39, 0.29) is 0 Å². The van der Waals surface area contributed by atoms with Gasteiger partial charge in [-0.25, -0.2) is 0 Å². The fraction of sp³-hybridized carbons (Fsp3) is 0.500. The molecule has 0 aliphatic rings. The normalized spacial score (nSPS) is 10.9. The summed E-state index contributed by atoms with van der Waals surface area (Å²) in [7, 11) is 2.04. The summed E-state index contributed by atoms with van der Waals surface area (Å²) >= 11 is 0. The monoisotopic (exact) mass is 192 g/mol. The SMILES string of the molecule is CCc1ccc(CCN(C)CN)cc1. The lowest BCUT2D eigenvalue weighted by Crippen LogP contribution is -2.27. The molecule has 0 aliphatic heterocycles. The Morgan fingerprint density at radius 2 is 1.71 bits per heavy atom. The minimum absolute atomic E-state index is 0.632. The summed E-state index contributed by atoms with van der Waals surface area (Å²) in [5.41, 5.74) is 8.30. The summed E-state index contributed by atoms with van der Waals surface area (Å²) in [6.45, 7) is 3.84. The third-order valence-corrected chi connectivity index (χ3v) is 2.53. The minimum atomic E-state index is 0.632. The molecule has 0 aromatic heterocycles. The average Bonchev–Trinajstić information content (AvgIpc) is 2.26. The molecule has 0 atom stereocenters. The number of likely N-dealkylation sites (N-methyl/N-ethyl adjacent to an activating group) is 1. The van der Waals surface area contributed by atoms with Crippen molar-refractivity contribution in [2.75, 3.05) is 20.3 Å². The lowest BCUT2D eigenvalue weighted by atomic mass is 10.1. The molecule has 1 aromatic rings. The van der Waals surface area contributed by atoms with Crippen LogP contribution in [-0.2, 0) is 12.8 Å². The van der Waals surface area contributed by atoms with Crippen LogP contribution in [0.4, 0.5) is 0 Å². The highest BCUT2D eigenvalue weighted by Gasteiger charge is 1.96. The van der Waals surface area contributed by atoms with Crippen LogP contribution in [0.3, 0.4) is 0 Å². The molecule has 14 heavy (non-hydrogen) atoms. The fourth-order valence-electron chi connectivity index (χ4n) is 1.35. The molecular formula is C12H20N2. The Labute approximate surface area is 86.7 Å². The van der Waals surface area contributed by atoms with Crippen molar-refractivity contribution >= 4 is 0 Å². The first kappa shape index (κ1) is 11.2. The molecule has 0 radical (unpaired) electrons. The molecule has 0 amide bonds. The van der Waals surface area contributed by atoms with Crippen molar-refractivity contribution in [2.24, 2.45) is 5.73 Å². The van der Waals surface area contributed by atoms with Gasteiger partial charge in [-0.2, -0.15) is 0 Å². The topological polar surface area (TPSA) is 29.3 Å². The van der Waals surface area contributed by atoms with Crippen molar-refractivity contribution in [3.05, 3.63) is 35.4 Å². The Hall–Kier alpha value is -0.860. The van der Waals surface area contributed by atoms with Gasteiger partial charge in [-0.3, -0.25) is 4.90 Å². The maximum atomic E-state index is 5.51. The lowest BCUT2D eigenvalue weighted by Gasteiger charge is -2.13. The summed E-state index contributed by atoms with van der Waals surface area (Å²) in [5, 5.41) is 0. The molecule has 2 heteroatoms. The van der Waals surface area contributed by atoms with E-state index >= 15 is 0 Å². The van der Waals surface area contributed by atoms with E-state index in [1.807, 2.05) is 7.05 Å². The zero-order chi connectivity index (χ0) is 10.4. The number of nitrogens with zero attached hydrogens (tertiary/aromatic N) is 1. The van der Waals surface area contributed by atoms with E-state index in [9.17, 15) is 0 Å². The van der Waals surface area contributed by atoms with Crippen molar-refractivity contribution in [1.29, 1.82) is 0 Å². The molecule has 2 N–H and O–H groups in total. The average molecular weight is 192 g/mol. The highest BCUT2D eigenvalue weighted by atomic mass is 15.1. The van der Waals surface area contributed by atoms with E-state index in [0.29, 0.717) is 6.67 Å². The second-order valence-electron chi connectivity index (χ2n) is 3.68. The predicted octanol–water partition coefficient (Wildman–Crippen LogP) is 1.64. The standard InChI is InChI=1S/C12H20N2/c1-3-11-4-6-12(7-5-11)8-9-14(2)10-13/h4-7H,3,8-10,13H2,1-2H3. The number of nitrogens with two attached hydrogens (primary N) is 1. The van der Waals surface area contributed by atoms with E-state index in [2.05, 4.69) is 36.1 Å². The zero-order valence-electron chi connectivity index (χ0n) is 9.16. The number of aryl methyl sites for hydroxylation is 1. The van der Waals surface area contributed by atoms with Crippen LogP contribution in [-0.4, -0.2) is 25.2 Å². The summed E-state index contributed by atoms with van der Waals surface area (Å²) in [4.78, 5) is 2.12. The second kappa shape index (κ2) is 5.78. The Morgan fingerprint density at radius 1 is 1.14 bits per heavy atom. The zero-order valence-corrected chi connectivity index (χ0v) is 9.16. The van der Waals surface area contributed by atoms with Crippen molar-refractivity contribution in [2.45, 2.75) is 19.8 Å². The van der Waals surface area contributed by atoms with Gasteiger partial charge in [0.1, 0.15) is 0 Å². The second-order valence-corrected chi connectivity index (χ2v) is 3.68. The minimum Gasteiger partial charge on any atom is -0.318 e. The summed E-state index contributed by atoms with van der Waals surface area (Å²) in [5.74, 6) is 0. The van der Waals surface area contributed by atoms with Gasteiger partial charge in [0.05, 0.1) is 0 Å². The molecule has 2 nitrogen and oxygen atoms in total. The van der Waals surface area contributed by atoms with Crippen LogP contribution in [0.5, 0.6) is 0 Å². The number of benzene rings is 1. The van der Waals surface area contributed by atoms with Crippen LogP contribution in [0.2, 0.25) is 0 Å². The summed E-state index contributed by atoms with van der Waals surface area (Å²) < 4.78 is 0. The smallest absolute Gasteiger partial charge is 0.0452 e. The van der Waals surface area contributed by atoms with Gasteiger partial charge in [0.25, 0.3) is 0 Å². The van der Waals surface area contributed by atoms with Gasteiger partial charge < -0.3 is 5.73 Å². The van der Waals surface area contributed by atoms with Crippen molar-refractivity contribution in [3.63, 3.8) is 0 Å². The molecule has 0 bridgehead atoms. The van der Waals surface area contributed by atoms with Gasteiger partial charge in [0.2, 0.25) is 0 Å². The molecule has 0 saturated carbocycles. The van der Waals surface area contributed by atoms with Crippen LogP contribution in [0.25, 0.3) is 0 Å². The molecule has 78 valence electrons. The molecule has 0 fully saturated rings. The first-order valence-corrected chi connectivity index (χ1v) is 5.22. The Kier molecular flexibility index (Phi) is 4.63. The predicted molar refractivity (Wildman–Crippen MR) is 61.2 cm³/mol. The number of rotatable bonds is 5. The fourth-order valence-corrected chi connectivity index (χ4v) is 1.35. The molecule has 1 rings (SSSR count). The van der Waals surface area contributed by atoms with E-state index in [1.165, 1.54) is 11.1 Å². The number of hydrogen-bond acceptors (Lipinski definition) is 2. The highest BCUT2D eigenvalue weighted by Crippen LogP contribution is 2.05. The third kappa shape index (κ3) is 3.48. The highest BCUT2D eigenvalue weighted by molar-refractivity contribution is 5.22. The van der Waals surface area contributed by atoms with Gasteiger partial charge in [-0.15, -0.1) is 0 Å². The molecule has 1 aromatic carbocycles. The first-order valence-electron chi connectivity index (χ1n) is 5.22. The van der Waals surface area contributed by atoms with E-state index in [0.717, 1.165) is 19.4 Å². The molecular weight excluding hydrogens is 172 g/mol. The lowest BCUT2D eigenvalue weighted by molar-refractivity contribution is 0.349. The van der Waals surface area contributed by atoms with Crippen molar-refractivity contribution in [1.82, 2.24) is 4.90 Å². The van der Waals surface area contributed by atoms with Crippen LogP contribution in [0, 0.1) is 0 Å². The number of hydrogen-bond donors (Lipinski definition) is 1. The Morgan fingerprint density at radius 3 is 2.21 bits per heavy atom. The van der Waals surface area contributed by atoms with Crippen LogP contribution < -0.4 is 5.73 Å². The maximum absolute atomic E-state index is 5.51. The van der Waals surface area contributed by atoms with Crippen molar-refractivity contribution in [3.8, 4) is 0 Å². The molecule has 0 spiro atoms. The summed E-state index contributed by atoms with van der Waals surface area (Å²) in [6, 6.07) is 8.84. The molecule has 0 saturated heterocycles. The molecule has 0 heterocycles. The van der Waals surface area contributed by atoms with Crippen LogP contribution in [0.1, 0.15) is 18.1 Å². The Balaban J connectivity index is 2.43. The van der Waals surface area contributed by atoms with Gasteiger partial charge in [-0.05, 0) is 31.0 Å². The van der Waals surface area contributed by atoms with Gasteiger partial charge >= 0.3 is 0 Å². The Bertz CT molecular complexity index is 254. The van der Waals surface area contributed by atoms with Gasteiger partial charge in [0, 0.05) is 13.2 Å². The van der Waals surface area contributed by atoms with Gasteiger partial charge in [-0.1, -0.05) is 31.2 Å². The molecule has 0 unspecified atom stereocenters. The summed E-state index contributed by atoms with van der Waals surface area (Å²) in [6.07, 6.45) is 2.20. The van der Waals surface area contributed by atoms with E-state index in [1.54, 1.807) is 0 Å². The van der Waals surface area contributed by atoms with Crippen LogP contribution in [0.15, 0.2) is 24.3 Å². The molecule has 0 aliphatic carbocycles. The van der Waals surface area contributed by atoms with Crippen LogP contribution >= 0.6 is 0 Å². The third-order valence-electron chi connectivity index (χ3n) is 2.53. The van der Waals surface area contributed by atoms with Gasteiger partial charge in [0.15, 0.2) is 0 Å². The largest absolute Gasteiger partial charge is 0.318 e.